The number of nitrogens with one attached hydrogen (secondary N) is 1. The normalized spacial score (nSPS) is 13.1. The topological polar surface area (TPSA) is 75.4 Å². The number of carbonyl (C=O) groups excluding carboxylic acids is 2. The SMILES string of the molecule is CCC(C)NC(=O)c1coc(CN(C(=O)c2ccc(Br)cc2)C(C)CC)n1. The number of aromatic nitrogens is 1. The molecule has 27 heavy (non-hydrogen) atoms. The minimum Gasteiger partial charge on any atom is -0.446 e. The second kappa shape index (κ2) is 9.69. The Morgan fingerprint density at radius 2 is 1.85 bits per heavy atom. The van der Waals surface area contributed by atoms with E-state index in [9.17, 15) is 9.59 Å². The molecule has 0 aliphatic heterocycles. The number of hydrogen-bond donors (Lipinski definition) is 1. The van der Waals surface area contributed by atoms with E-state index in [-0.39, 0.29) is 36.1 Å². The van der Waals surface area contributed by atoms with Gasteiger partial charge in [0.25, 0.3) is 11.8 Å². The van der Waals surface area contributed by atoms with Crippen LogP contribution in [0.1, 0.15) is 67.3 Å². The van der Waals surface area contributed by atoms with Gasteiger partial charge in [-0.05, 0) is 51.0 Å². The maximum absolute atomic E-state index is 12.9. The first-order valence-electron chi connectivity index (χ1n) is 9.17. The van der Waals surface area contributed by atoms with Crippen LogP contribution in [-0.2, 0) is 6.54 Å². The highest BCUT2D eigenvalue weighted by molar-refractivity contribution is 9.10. The lowest BCUT2D eigenvalue weighted by Crippen LogP contribution is -2.38. The zero-order valence-corrected chi connectivity index (χ0v) is 17.7. The summed E-state index contributed by atoms with van der Waals surface area (Å²) in [5.74, 6) is -0.0237. The summed E-state index contributed by atoms with van der Waals surface area (Å²) in [6.45, 7) is 8.14. The predicted molar refractivity (Wildman–Crippen MR) is 107 cm³/mol. The highest BCUT2D eigenvalue weighted by Crippen LogP contribution is 2.17. The van der Waals surface area contributed by atoms with Crippen molar-refractivity contribution in [2.75, 3.05) is 0 Å². The van der Waals surface area contributed by atoms with Gasteiger partial charge in [0.2, 0.25) is 5.89 Å². The molecular weight excluding hydrogens is 410 g/mol. The van der Waals surface area contributed by atoms with Crippen molar-refractivity contribution in [2.24, 2.45) is 0 Å². The molecule has 0 aliphatic rings. The molecule has 1 N–H and O–H groups in total. The fourth-order valence-corrected chi connectivity index (χ4v) is 2.70. The van der Waals surface area contributed by atoms with Crippen LogP contribution in [-0.4, -0.2) is 33.8 Å². The Labute approximate surface area is 168 Å². The summed E-state index contributed by atoms with van der Waals surface area (Å²) in [6.07, 6.45) is 2.97. The van der Waals surface area contributed by atoms with E-state index in [0.29, 0.717) is 11.5 Å². The lowest BCUT2D eigenvalue weighted by molar-refractivity contribution is 0.0652. The van der Waals surface area contributed by atoms with Gasteiger partial charge in [0, 0.05) is 22.1 Å². The highest BCUT2D eigenvalue weighted by Gasteiger charge is 2.23. The molecule has 7 heteroatoms. The smallest absolute Gasteiger partial charge is 0.273 e. The zero-order valence-electron chi connectivity index (χ0n) is 16.2. The fourth-order valence-electron chi connectivity index (χ4n) is 2.44. The van der Waals surface area contributed by atoms with Crippen molar-refractivity contribution in [3.8, 4) is 0 Å². The van der Waals surface area contributed by atoms with Gasteiger partial charge in [-0.25, -0.2) is 4.98 Å². The molecule has 2 rings (SSSR count). The van der Waals surface area contributed by atoms with Crippen molar-refractivity contribution in [3.63, 3.8) is 0 Å². The molecule has 0 radical (unpaired) electrons. The number of carbonyl (C=O) groups is 2. The predicted octanol–water partition coefficient (Wildman–Crippen LogP) is 4.41. The largest absolute Gasteiger partial charge is 0.446 e. The number of halogens is 1. The van der Waals surface area contributed by atoms with Crippen LogP contribution in [0.3, 0.4) is 0 Å². The van der Waals surface area contributed by atoms with E-state index in [1.807, 2.05) is 39.8 Å². The van der Waals surface area contributed by atoms with Crippen LogP contribution in [0.4, 0.5) is 0 Å². The van der Waals surface area contributed by atoms with Crippen molar-refractivity contribution in [3.05, 3.63) is 52.1 Å². The lowest BCUT2D eigenvalue weighted by Gasteiger charge is -2.27. The van der Waals surface area contributed by atoms with Crippen molar-refractivity contribution >= 4 is 27.7 Å². The zero-order chi connectivity index (χ0) is 20.0. The maximum atomic E-state index is 12.9. The highest BCUT2D eigenvalue weighted by atomic mass is 79.9. The lowest BCUT2D eigenvalue weighted by atomic mass is 10.1. The molecular formula is C20H26BrN3O3. The van der Waals surface area contributed by atoms with Gasteiger partial charge in [-0.3, -0.25) is 9.59 Å². The summed E-state index contributed by atoms with van der Waals surface area (Å²) in [5, 5.41) is 2.85. The van der Waals surface area contributed by atoms with Crippen molar-refractivity contribution in [1.82, 2.24) is 15.2 Å². The van der Waals surface area contributed by atoms with E-state index >= 15 is 0 Å². The average Bonchev–Trinajstić information content (AvgIpc) is 3.14. The van der Waals surface area contributed by atoms with E-state index in [2.05, 4.69) is 26.2 Å². The summed E-state index contributed by atoms with van der Waals surface area (Å²) in [5.41, 5.74) is 0.824. The van der Waals surface area contributed by atoms with Gasteiger partial charge in [0.15, 0.2) is 5.69 Å². The van der Waals surface area contributed by atoms with Crippen LogP contribution in [0.25, 0.3) is 0 Å². The van der Waals surface area contributed by atoms with Crippen LogP contribution in [0.15, 0.2) is 39.4 Å². The van der Waals surface area contributed by atoms with Gasteiger partial charge in [0.1, 0.15) is 6.26 Å². The van der Waals surface area contributed by atoms with Crippen molar-refractivity contribution in [2.45, 2.75) is 59.2 Å². The van der Waals surface area contributed by atoms with Crippen LogP contribution in [0.2, 0.25) is 0 Å². The summed E-state index contributed by atoms with van der Waals surface area (Å²) in [7, 11) is 0. The summed E-state index contributed by atoms with van der Waals surface area (Å²) >= 11 is 3.38. The molecule has 146 valence electrons. The second-order valence-corrected chi connectivity index (χ2v) is 7.52. The summed E-state index contributed by atoms with van der Waals surface area (Å²) < 4.78 is 6.37. The molecule has 2 aromatic rings. The van der Waals surface area contributed by atoms with E-state index in [1.54, 1.807) is 17.0 Å². The molecule has 2 amide bonds. The Morgan fingerprint density at radius 3 is 2.44 bits per heavy atom. The van der Waals surface area contributed by atoms with E-state index < -0.39 is 0 Å². The first kappa shape index (κ1) is 21.2. The van der Waals surface area contributed by atoms with Crippen molar-refractivity contribution in [1.29, 1.82) is 0 Å². The molecule has 1 heterocycles. The minimum absolute atomic E-state index is 0.00503. The molecule has 1 aromatic carbocycles. The number of benzene rings is 1. The Morgan fingerprint density at radius 1 is 1.19 bits per heavy atom. The molecule has 0 fully saturated rings. The van der Waals surface area contributed by atoms with Gasteiger partial charge < -0.3 is 14.6 Å². The van der Waals surface area contributed by atoms with E-state index in [4.69, 9.17) is 4.42 Å². The number of rotatable bonds is 8. The number of oxazole rings is 1. The fraction of sp³-hybridized carbons (Fsp3) is 0.450. The second-order valence-electron chi connectivity index (χ2n) is 6.61. The maximum Gasteiger partial charge on any atom is 0.273 e. The molecule has 0 aliphatic carbocycles. The molecule has 0 saturated carbocycles. The monoisotopic (exact) mass is 435 g/mol. The van der Waals surface area contributed by atoms with Gasteiger partial charge in [-0.2, -0.15) is 0 Å². The Kier molecular flexibility index (Phi) is 7.59. The molecule has 0 bridgehead atoms. The quantitative estimate of drug-likeness (QED) is 0.666. The van der Waals surface area contributed by atoms with Crippen LogP contribution in [0, 0.1) is 0 Å². The summed E-state index contributed by atoms with van der Waals surface area (Å²) in [4.78, 5) is 31.1. The third kappa shape index (κ3) is 5.66. The molecule has 1 aromatic heterocycles. The van der Waals surface area contributed by atoms with Gasteiger partial charge in [-0.1, -0.05) is 29.8 Å². The number of nitrogens with zero attached hydrogens (tertiary/aromatic N) is 2. The van der Waals surface area contributed by atoms with Gasteiger partial charge in [0.05, 0.1) is 6.54 Å². The molecule has 0 spiro atoms. The minimum atomic E-state index is -0.270. The molecule has 0 saturated heterocycles. The standard InChI is InChI=1S/C20H26BrN3O3/c1-5-13(3)22-19(25)17-12-27-18(23-17)11-24(14(4)6-2)20(26)15-7-9-16(21)10-8-15/h7-10,12-14H,5-6,11H2,1-4H3,(H,22,25). The van der Waals surface area contributed by atoms with Crippen LogP contribution >= 0.6 is 15.9 Å². The average molecular weight is 436 g/mol. The van der Waals surface area contributed by atoms with E-state index in [1.165, 1.54) is 6.26 Å². The first-order valence-corrected chi connectivity index (χ1v) is 9.96. The Balaban J connectivity index is 2.16. The van der Waals surface area contributed by atoms with Crippen molar-refractivity contribution < 1.29 is 14.0 Å². The third-order valence-corrected chi connectivity index (χ3v) is 5.08. The first-order chi connectivity index (χ1) is 12.8. The van der Waals surface area contributed by atoms with Crippen LogP contribution < -0.4 is 5.32 Å². The molecule has 6 nitrogen and oxygen atoms in total. The molecule has 2 unspecified atom stereocenters. The van der Waals surface area contributed by atoms with E-state index in [0.717, 1.165) is 17.3 Å². The van der Waals surface area contributed by atoms with Gasteiger partial charge in [-0.15, -0.1) is 0 Å². The molecule has 2 atom stereocenters. The third-order valence-electron chi connectivity index (χ3n) is 4.55. The Hall–Kier alpha value is -2.15. The van der Waals surface area contributed by atoms with Crippen LogP contribution in [0.5, 0.6) is 0 Å². The summed E-state index contributed by atoms with van der Waals surface area (Å²) in [6, 6.07) is 7.30. The Bertz CT molecular complexity index is 773. The number of amides is 2. The van der Waals surface area contributed by atoms with Gasteiger partial charge >= 0.3 is 0 Å². The number of hydrogen-bond acceptors (Lipinski definition) is 4.